The lowest BCUT2D eigenvalue weighted by Crippen LogP contribution is -3.14. The number of nitrogens with one attached hydrogen (secondary N) is 1. The van der Waals surface area contributed by atoms with E-state index in [1.54, 1.807) is 16.4 Å². The predicted octanol–water partition coefficient (Wildman–Crippen LogP) is 1.06. The minimum absolute atomic E-state index is 0.395. The van der Waals surface area contributed by atoms with E-state index in [1.807, 2.05) is 40.7 Å². The molecule has 2 aromatic rings. The van der Waals surface area contributed by atoms with Gasteiger partial charge in [-0.25, -0.2) is 8.42 Å². The summed E-state index contributed by atoms with van der Waals surface area (Å²) in [7, 11) is -1.47. The van der Waals surface area contributed by atoms with Crippen molar-refractivity contribution >= 4 is 22.2 Å². The van der Waals surface area contributed by atoms with Crippen LogP contribution in [0.25, 0.3) is 0 Å². The van der Waals surface area contributed by atoms with E-state index in [2.05, 4.69) is 6.92 Å². The van der Waals surface area contributed by atoms with Gasteiger partial charge in [0.15, 0.2) is 11.4 Å². The maximum Gasteiger partial charge on any atom is 0.243 e. The van der Waals surface area contributed by atoms with Crippen LogP contribution in [-0.4, -0.2) is 48.0 Å². The van der Waals surface area contributed by atoms with Crippen LogP contribution in [0.5, 0.6) is 0 Å². The minimum Gasteiger partial charge on any atom is -0.327 e. The molecule has 0 radical (unpaired) electrons. The SMILES string of the molecule is CCCc1ccc(S(=O)(=O)N2CC[NH+](Cn3ccn(C)c3=S)CC2)cc1. The lowest BCUT2D eigenvalue weighted by atomic mass is 10.1. The van der Waals surface area contributed by atoms with Crippen molar-refractivity contribution in [3.63, 3.8) is 0 Å². The highest BCUT2D eigenvalue weighted by molar-refractivity contribution is 7.89. The van der Waals surface area contributed by atoms with Gasteiger partial charge in [-0.2, -0.15) is 4.31 Å². The Balaban J connectivity index is 1.63. The fourth-order valence-corrected chi connectivity index (χ4v) is 4.97. The fourth-order valence-electron chi connectivity index (χ4n) is 3.34. The molecule has 1 aromatic carbocycles. The largest absolute Gasteiger partial charge is 0.327 e. The summed E-state index contributed by atoms with van der Waals surface area (Å²) in [6.45, 7) is 5.53. The zero-order valence-corrected chi connectivity index (χ0v) is 17.0. The van der Waals surface area contributed by atoms with E-state index in [9.17, 15) is 8.42 Å². The number of piperazine rings is 1. The van der Waals surface area contributed by atoms with Crippen molar-refractivity contribution in [2.45, 2.75) is 31.3 Å². The maximum atomic E-state index is 12.9. The van der Waals surface area contributed by atoms with Crippen molar-refractivity contribution in [1.82, 2.24) is 13.4 Å². The van der Waals surface area contributed by atoms with Gasteiger partial charge in [0.25, 0.3) is 0 Å². The second kappa shape index (κ2) is 8.04. The molecule has 6 nitrogen and oxygen atoms in total. The zero-order valence-electron chi connectivity index (χ0n) is 15.4. The molecule has 0 unspecified atom stereocenters. The molecule has 0 aliphatic carbocycles. The third kappa shape index (κ3) is 4.09. The Kier molecular flexibility index (Phi) is 5.96. The van der Waals surface area contributed by atoms with Gasteiger partial charge in [0, 0.05) is 19.4 Å². The summed E-state index contributed by atoms with van der Waals surface area (Å²) in [6, 6.07) is 7.33. The number of aromatic nitrogens is 2. The van der Waals surface area contributed by atoms with E-state index in [1.165, 1.54) is 10.5 Å². The van der Waals surface area contributed by atoms with Gasteiger partial charge in [0.2, 0.25) is 10.0 Å². The van der Waals surface area contributed by atoms with E-state index >= 15 is 0 Å². The molecule has 2 heterocycles. The number of hydrogen-bond acceptors (Lipinski definition) is 3. The molecule has 0 amide bonds. The number of quaternary nitrogens is 1. The van der Waals surface area contributed by atoms with Crippen LogP contribution < -0.4 is 4.90 Å². The smallest absolute Gasteiger partial charge is 0.243 e. The molecule has 0 atom stereocenters. The van der Waals surface area contributed by atoms with Crippen molar-refractivity contribution in [2.24, 2.45) is 7.05 Å². The highest BCUT2D eigenvalue weighted by Gasteiger charge is 2.30. The summed E-state index contributed by atoms with van der Waals surface area (Å²) < 4.78 is 32.1. The summed E-state index contributed by atoms with van der Waals surface area (Å²) in [6.07, 6.45) is 5.97. The number of aryl methyl sites for hydroxylation is 2. The monoisotopic (exact) mass is 395 g/mol. The third-order valence-corrected chi connectivity index (χ3v) is 7.38. The Morgan fingerprint density at radius 2 is 1.77 bits per heavy atom. The Bertz CT molecular complexity index is 892. The van der Waals surface area contributed by atoms with Crippen molar-refractivity contribution < 1.29 is 13.3 Å². The van der Waals surface area contributed by atoms with Gasteiger partial charge in [0.1, 0.15) is 0 Å². The number of imidazole rings is 1. The fraction of sp³-hybridized carbons (Fsp3) is 0.500. The van der Waals surface area contributed by atoms with Gasteiger partial charge < -0.3 is 9.47 Å². The molecular formula is C18H27N4O2S2+. The first-order chi connectivity index (χ1) is 12.4. The summed E-state index contributed by atoms with van der Waals surface area (Å²) in [4.78, 5) is 1.74. The number of nitrogens with zero attached hydrogens (tertiary/aromatic N) is 3. The van der Waals surface area contributed by atoms with E-state index < -0.39 is 10.0 Å². The topological polar surface area (TPSA) is 51.7 Å². The summed E-state index contributed by atoms with van der Waals surface area (Å²) in [5.41, 5.74) is 1.18. The quantitative estimate of drug-likeness (QED) is 0.744. The third-order valence-electron chi connectivity index (χ3n) is 4.94. The van der Waals surface area contributed by atoms with Gasteiger partial charge in [-0.15, -0.1) is 0 Å². The van der Waals surface area contributed by atoms with Gasteiger partial charge in [-0.1, -0.05) is 25.5 Å². The maximum absolute atomic E-state index is 12.9. The van der Waals surface area contributed by atoms with Gasteiger partial charge >= 0.3 is 0 Å². The minimum atomic E-state index is -3.41. The molecule has 1 saturated heterocycles. The molecule has 1 aliphatic rings. The Hall–Kier alpha value is -1.48. The Morgan fingerprint density at radius 1 is 1.12 bits per heavy atom. The molecule has 0 bridgehead atoms. The van der Waals surface area contributed by atoms with Gasteiger partial charge in [-0.05, 0) is 36.3 Å². The number of benzene rings is 1. The molecule has 1 aromatic heterocycles. The molecule has 8 heteroatoms. The molecule has 1 aliphatic heterocycles. The molecule has 0 spiro atoms. The van der Waals surface area contributed by atoms with Crippen LogP contribution in [0.4, 0.5) is 0 Å². The Morgan fingerprint density at radius 3 is 2.31 bits per heavy atom. The van der Waals surface area contributed by atoms with Gasteiger partial charge in [0.05, 0.1) is 31.1 Å². The van der Waals surface area contributed by atoms with Crippen molar-refractivity contribution in [3.05, 3.63) is 47.0 Å². The molecule has 0 saturated carbocycles. The first-order valence-electron chi connectivity index (χ1n) is 9.06. The highest BCUT2D eigenvalue weighted by Crippen LogP contribution is 2.17. The average molecular weight is 396 g/mol. The predicted molar refractivity (Wildman–Crippen MR) is 104 cm³/mol. The van der Waals surface area contributed by atoms with E-state index in [-0.39, 0.29) is 0 Å². The lowest BCUT2D eigenvalue weighted by Gasteiger charge is -2.31. The lowest BCUT2D eigenvalue weighted by molar-refractivity contribution is -0.926. The van der Waals surface area contributed by atoms with Crippen LogP contribution in [0.15, 0.2) is 41.6 Å². The van der Waals surface area contributed by atoms with Crippen molar-refractivity contribution in [1.29, 1.82) is 0 Å². The Labute approximate surface area is 160 Å². The zero-order chi connectivity index (χ0) is 18.7. The first-order valence-corrected chi connectivity index (χ1v) is 10.9. The molecule has 26 heavy (non-hydrogen) atoms. The summed E-state index contributed by atoms with van der Waals surface area (Å²) in [5.74, 6) is 0. The number of hydrogen-bond donors (Lipinski definition) is 1. The van der Waals surface area contributed by atoms with Crippen LogP contribution in [-0.2, 0) is 30.2 Å². The molecule has 142 valence electrons. The number of sulfonamides is 1. The molecule has 1 N–H and O–H groups in total. The van der Waals surface area contributed by atoms with Crippen molar-refractivity contribution in [2.75, 3.05) is 26.2 Å². The van der Waals surface area contributed by atoms with Crippen molar-refractivity contribution in [3.8, 4) is 0 Å². The van der Waals surface area contributed by atoms with Crippen LogP contribution in [0.2, 0.25) is 0 Å². The summed E-state index contributed by atoms with van der Waals surface area (Å²) >= 11 is 5.38. The van der Waals surface area contributed by atoms with E-state index in [0.29, 0.717) is 18.0 Å². The molecule has 3 rings (SSSR count). The van der Waals surface area contributed by atoms with Gasteiger partial charge in [-0.3, -0.25) is 4.57 Å². The number of rotatable bonds is 6. The second-order valence-electron chi connectivity index (χ2n) is 6.87. The van der Waals surface area contributed by atoms with Crippen LogP contribution >= 0.6 is 12.2 Å². The van der Waals surface area contributed by atoms with Crippen LogP contribution in [0.3, 0.4) is 0 Å². The standard InChI is InChI=1S/C18H26N4O2S2/c1-3-4-16-5-7-17(8-6-16)26(23,24)22-13-10-20(11-14-22)15-21-12-9-19(2)18(21)25/h5-9,12H,3-4,10-11,13-15H2,1-2H3/p+1. The average Bonchev–Trinajstić information content (AvgIpc) is 2.95. The summed E-state index contributed by atoms with van der Waals surface area (Å²) in [5, 5.41) is 0. The normalized spacial score (nSPS) is 16.8. The molecule has 1 fully saturated rings. The van der Waals surface area contributed by atoms with E-state index in [0.717, 1.165) is 37.4 Å². The first kappa shape index (κ1) is 19.3. The van der Waals surface area contributed by atoms with Crippen LogP contribution in [0.1, 0.15) is 18.9 Å². The van der Waals surface area contributed by atoms with E-state index in [4.69, 9.17) is 12.2 Å². The second-order valence-corrected chi connectivity index (χ2v) is 9.17. The molecular weight excluding hydrogens is 368 g/mol. The highest BCUT2D eigenvalue weighted by atomic mass is 32.2. The van der Waals surface area contributed by atoms with Crippen LogP contribution in [0, 0.1) is 4.77 Å².